The van der Waals surface area contributed by atoms with Crippen LogP contribution in [0.25, 0.3) is 32.9 Å². The predicted octanol–water partition coefficient (Wildman–Crippen LogP) is 7.06. The first kappa shape index (κ1) is 19.4. The van der Waals surface area contributed by atoms with Crippen LogP contribution in [0.4, 0.5) is 0 Å². The van der Waals surface area contributed by atoms with E-state index in [1.165, 1.54) is 33.0 Å². The molecule has 1 aromatic heterocycles. The fourth-order valence-electron chi connectivity index (χ4n) is 4.21. The standard InChI is InChI=1S/C28H26N2O/c29-17-7-6-12-25-26-19-24(31-23-10-2-1-3-11-23)15-16-27(26)30-28(25)22-14-13-20-8-4-5-9-21(20)18-22/h1-5,8-11,13-16,18-19,30H,6-7,12,17,29H2. The molecule has 154 valence electrons. The zero-order chi connectivity index (χ0) is 21.0. The monoisotopic (exact) mass is 406 g/mol. The molecule has 31 heavy (non-hydrogen) atoms. The van der Waals surface area contributed by atoms with Crippen LogP contribution in [0.2, 0.25) is 0 Å². The first-order valence-corrected chi connectivity index (χ1v) is 10.9. The maximum atomic E-state index is 6.11. The van der Waals surface area contributed by atoms with E-state index < -0.39 is 0 Å². The molecular weight excluding hydrogens is 380 g/mol. The summed E-state index contributed by atoms with van der Waals surface area (Å²) in [7, 11) is 0. The average Bonchev–Trinajstić information content (AvgIpc) is 3.17. The van der Waals surface area contributed by atoms with Crippen molar-refractivity contribution in [1.82, 2.24) is 4.98 Å². The van der Waals surface area contributed by atoms with Gasteiger partial charge in [0.25, 0.3) is 0 Å². The Morgan fingerprint density at radius 3 is 2.35 bits per heavy atom. The molecule has 0 radical (unpaired) electrons. The van der Waals surface area contributed by atoms with Crippen molar-refractivity contribution in [3.8, 4) is 22.8 Å². The molecule has 5 rings (SSSR count). The Labute approximate surface area is 182 Å². The van der Waals surface area contributed by atoms with Gasteiger partial charge in [-0.2, -0.15) is 0 Å². The summed E-state index contributed by atoms with van der Waals surface area (Å²) in [6.07, 6.45) is 3.06. The number of aromatic amines is 1. The number of para-hydroxylation sites is 1. The third-order valence-corrected chi connectivity index (χ3v) is 5.78. The quantitative estimate of drug-likeness (QED) is 0.284. The topological polar surface area (TPSA) is 51.0 Å². The number of unbranched alkanes of at least 4 members (excludes halogenated alkanes) is 1. The number of hydrogen-bond donors (Lipinski definition) is 2. The van der Waals surface area contributed by atoms with Crippen molar-refractivity contribution in [3.63, 3.8) is 0 Å². The number of nitrogens with two attached hydrogens (primary N) is 1. The maximum Gasteiger partial charge on any atom is 0.128 e. The van der Waals surface area contributed by atoms with Crippen LogP contribution >= 0.6 is 0 Å². The molecule has 4 aromatic carbocycles. The Morgan fingerprint density at radius 2 is 1.52 bits per heavy atom. The van der Waals surface area contributed by atoms with E-state index in [2.05, 4.69) is 59.6 Å². The number of H-pyrrole nitrogens is 1. The highest BCUT2D eigenvalue weighted by molar-refractivity contribution is 5.94. The highest BCUT2D eigenvalue weighted by Gasteiger charge is 2.14. The van der Waals surface area contributed by atoms with E-state index in [1.54, 1.807) is 0 Å². The summed E-state index contributed by atoms with van der Waals surface area (Å²) in [4.78, 5) is 3.68. The first-order valence-electron chi connectivity index (χ1n) is 10.9. The molecule has 0 saturated heterocycles. The van der Waals surface area contributed by atoms with E-state index in [0.29, 0.717) is 0 Å². The van der Waals surface area contributed by atoms with Gasteiger partial charge in [-0.3, -0.25) is 0 Å². The van der Waals surface area contributed by atoms with Gasteiger partial charge < -0.3 is 15.5 Å². The van der Waals surface area contributed by atoms with Gasteiger partial charge in [0.15, 0.2) is 0 Å². The van der Waals surface area contributed by atoms with Crippen LogP contribution in [0.1, 0.15) is 18.4 Å². The molecule has 0 fully saturated rings. The first-order chi connectivity index (χ1) is 15.3. The molecule has 0 atom stereocenters. The lowest BCUT2D eigenvalue weighted by Gasteiger charge is -2.08. The van der Waals surface area contributed by atoms with Crippen molar-refractivity contribution in [1.29, 1.82) is 0 Å². The molecule has 0 aliphatic carbocycles. The molecule has 0 amide bonds. The van der Waals surface area contributed by atoms with Crippen molar-refractivity contribution >= 4 is 21.7 Å². The van der Waals surface area contributed by atoms with E-state index in [1.807, 2.05) is 36.4 Å². The van der Waals surface area contributed by atoms with Crippen LogP contribution in [0, 0.1) is 0 Å². The number of hydrogen-bond acceptors (Lipinski definition) is 2. The van der Waals surface area contributed by atoms with E-state index in [-0.39, 0.29) is 0 Å². The Hall–Kier alpha value is -3.56. The Balaban J connectivity index is 1.59. The molecule has 3 heteroatoms. The molecule has 0 aliphatic rings. The molecule has 3 nitrogen and oxygen atoms in total. The van der Waals surface area contributed by atoms with Crippen LogP contribution in [0.3, 0.4) is 0 Å². The number of rotatable bonds is 7. The molecule has 0 unspecified atom stereocenters. The minimum atomic E-state index is 0.718. The van der Waals surface area contributed by atoms with Gasteiger partial charge in [-0.1, -0.05) is 54.6 Å². The van der Waals surface area contributed by atoms with Crippen LogP contribution in [0.15, 0.2) is 91.0 Å². The second kappa shape index (κ2) is 8.66. The van der Waals surface area contributed by atoms with Gasteiger partial charge in [-0.05, 0) is 84.1 Å². The van der Waals surface area contributed by atoms with Crippen molar-refractivity contribution < 1.29 is 4.74 Å². The Bertz CT molecular complexity index is 1320. The highest BCUT2D eigenvalue weighted by Crippen LogP contribution is 2.35. The second-order valence-corrected chi connectivity index (χ2v) is 7.91. The number of fused-ring (bicyclic) bond motifs is 2. The van der Waals surface area contributed by atoms with Crippen molar-refractivity contribution in [2.24, 2.45) is 5.73 Å². The summed E-state index contributed by atoms with van der Waals surface area (Å²) in [5.74, 6) is 1.69. The normalized spacial score (nSPS) is 11.3. The maximum absolute atomic E-state index is 6.11. The number of aromatic nitrogens is 1. The molecule has 5 aromatic rings. The summed E-state index contributed by atoms with van der Waals surface area (Å²) in [5, 5.41) is 3.72. The largest absolute Gasteiger partial charge is 0.457 e. The third-order valence-electron chi connectivity index (χ3n) is 5.78. The second-order valence-electron chi connectivity index (χ2n) is 7.91. The fourth-order valence-corrected chi connectivity index (χ4v) is 4.21. The summed E-state index contributed by atoms with van der Waals surface area (Å²) in [5.41, 5.74) is 10.6. The number of nitrogens with one attached hydrogen (secondary N) is 1. The Kier molecular flexibility index (Phi) is 5.42. The van der Waals surface area contributed by atoms with Gasteiger partial charge >= 0.3 is 0 Å². The number of benzene rings is 4. The number of aryl methyl sites for hydroxylation is 1. The summed E-state index contributed by atoms with van der Waals surface area (Å²) in [6, 6.07) is 31.4. The molecule has 0 bridgehead atoms. The van der Waals surface area contributed by atoms with Crippen LogP contribution in [-0.2, 0) is 6.42 Å². The lowest BCUT2D eigenvalue weighted by atomic mass is 9.98. The van der Waals surface area contributed by atoms with Gasteiger partial charge in [0.1, 0.15) is 11.5 Å². The summed E-state index contributed by atoms with van der Waals surface area (Å²) < 4.78 is 6.11. The summed E-state index contributed by atoms with van der Waals surface area (Å²) in [6.45, 7) is 0.718. The van der Waals surface area contributed by atoms with Crippen LogP contribution < -0.4 is 10.5 Å². The smallest absolute Gasteiger partial charge is 0.128 e. The fraction of sp³-hybridized carbons (Fsp3) is 0.143. The van der Waals surface area contributed by atoms with Crippen LogP contribution in [0.5, 0.6) is 11.5 Å². The van der Waals surface area contributed by atoms with Gasteiger partial charge in [0.2, 0.25) is 0 Å². The molecule has 1 heterocycles. The molecular formula is C28H26N2O. The zero-order valence-electron chi connectivity index (χ0n) is 17.5. The minimum absolute atomic E-state index is 0.718. The predicted molar refractivity (Wildman–Crippen MR) is 130 cm³/mol. The Morgan fingerprint density at radius 1 is 0.710 bits per heavy atom. The third kappa shape index (κ3) is 4.05. The van der Waals surface area contributed by atoms with Gasteiger partial charge in [-0.25, -0.2) is 0 Å². The van der Waals surface area contributed by atoms with E-state index >= 15 is 0 Å². The summed E-state index contributed by atoms with van der Waals surface area (Å²) >= 11 is 0. The van der Waals surface area contributed by atoms with E-state index in [4.69, 9.17) is 10.5 Å². The molecule has 0 aliphatic heterocycles. The zero-order valence-corrected chi connectivity index (χ0v) is 17.5. The lowest BCUT2D eigenvalue weighted by molar-refractivity contribution is 0.483. The van der Waals surface area contributed by atoms with E-state index in [9.17, 15) is 0 Å². The lowest BCUT2D eigenvalue weighted by Crippen LogP contribution is -1.99. The minimum Gasteiger partial charge on any atom is -0.457 e. The SMILES string of the molecule is NCCCCc1c(-c2ccc3ccccc3c2)[nH]c2ccc(Oc3ccccc3)cc12. The molecule has 0 spiro atoms. The van der Waals surface area contributed by atoms with Gasteiger partial charge in [-0.15, -0.1) is 0 Å². The van der Waals surface area contributed by atoms with Crippen molar-refractivity contribution in [2.45, 2.75) is 19.3 Å². The molecule has 3 N–H and O–H groups in total. The number of ether oxygens (including phenoxy) is 1. The van der Waals surface area contributed by atoms with Gasteiger partial charge in [0.05, 0.1) is 0 Å². The average molecular weight is 407 g/mol. The molecule has 0 saturated carbocycles. The van der Waals surface area contributed by atoms with Gasteiger partial charge in [0, 0.05) is 16.6 Å². The van der Waals surface area contributed by atoms with E-state index in [0.717, 1.165) is 42.8 Å². The van der Waals surface area contributed by atoms with Crippen LogP contribution in [-0.4, -0.2) is 11.5 Å². The van der Waals surface area contributed by atoms with Crippen molar-refractivity contribution in [2.75, 3.05) is 6.54 Å². The van der Waals surface area contributed by atoms with Crippen molar-refractivity contribution in [3.05, 3.63) is 96.6 Å². The highest BCUT2D eigenvalue weighted by atomic mass is 16.5.